The second kappa shape index (κ2) is 8.45. The first kappa shape index (κ1) is 21.8. The van der Waals surface area contributed by atoms with E-state index < -0.39 is 41.3 Å². The van der Waals surface area contributed by atoms with Crippen molar-refractivity contribution in [3.8, 4) is 0 Å². The lowest BCUT2D eigenvalue weighted by Gasteiger charge is -2.39. The van der Waals surface area contributed by atoms with Crippen molar-refractivity contribution in [3.63, 3.8) is 0 Å². The van der Waals surface area contributed by atoms with Crippen LogP contribution in [0.25, 0.3) is 0 Å². The number of aryl methyl sites for hydroxylation is 1. The van der Waals surface area contributed by atoms with Crippen LogP contribution in [0.4, 0.5) is 23.2 Å². The Morgan fingerprint density at radius 3 is 2.50 bits per heavy atom. The molecule has 0 aromatic heterocycles. The van der Waals surface area contributed by atoms with Gasteiger partial charge >= 0.3 is 6.18 Å². The molecule has 0 bridgehead atoms. The maximum absolute atomic E-state index is 14.2. The second-order valence-corrected chi connectivity index (χ2v) is 7.49. The van der Waals surface area contributed by atoms with Gasteiger partial charge in [-0.15, -0.1) is 0 Å². The number of hydrogen-bond donors (Lipinski definition) is 1. The Bertz CT molecular complexity index is 938. The third-order valence-corrected chi connectivity index (χ3v) is 5.48. The van der Waals surface area contributed by atoms with Crippen LogP contribution in [0.5, 0.6) is 0 Å². The summed E-state index contributed by atoms with van der Waals surface area (Å²) >= 11 is 0. The molecule has 160 valence electrons. The van der Waals surface area contributed by atoms with Gasteiger partial charge in [-0.2, -0.15) is 13.2 Å². The lowest BCUT2D eigenvalue weighted by Crippen LogP contribution is -2.50. The number of piperidine rings is 1. The van der Waals surface area contributed by atoms with Gasteiger partial charge in [-0.05, 0) is 56.5 Å². The number of rotatable bonds is 3. The van der Waals surface area contributed by atoms with Crippen LogP contribution in [0, 0.1) is 18.7 Å². The zero-order valence-electron chi connectivity index (χ0n) is 16.6. The molecule has 30 heavy (non-hydrogen) atoms. The van der Waals surface area contributed by atoms with Crippen LogP contribution in [-0.2, 0) is 11.0 Å². The number of carbonyl (C=O) groups is 2. The van der Waals surface area contributed by atoms with Crippen LogP contribution in [-0.4, -0.2) is 29.3 Å². The van der Waals surface area contributed by atoms with Crippen molar-refractivity contribution >= 4 is 17.5 Å². The van der Waals surface area contributed by atoms with E-state index in [-0.39, 0.29) is 11.3 Å². The molecule has 0 aliphatic carbocycles. The summed E-state index contributed by atoms with van der Waals surface area (Å²) in [6, 6.07) is 8.25. The topological polar surface area (TPSA) is 49.4 Å². The normalized spacial score (nSPS) is 19.5. The number of anilines is 1. The minimum Gasteiger partial charge on any atom is -0.335 e. The molecule has 0 spiro atoms. The van der Waals surface area contributed by atoms with Crippen LogP contribution in [0.1, 0.15) is 41.3 Å². The highest BCUT2D eigenvalue weighted by atomic mass is 19.4. The number of carbonyl (C=O) groups excluding carboxylic acids is 2. The highest BCUT2D eigenvalue weighted by molar-refractivity contribution is 5.98. The highest BCUT2D eigenvalue weighted by Crippen LogP contribution is 2.32. The van der Waals surface area contributed by atoms with E-state index in [0.717, 1.165) is 12.1 Å². The average Bonchev–Trinajstić information content (AvgIpc) is 2.67. The summed E-state index contributed by atoms with van der Waals surface area (Å²) in [5.74, 6) is -2.20. The molecule has 1 heterocycles. The fourth-order valence-electron chi connectivity index (χ4n) is 3.83. The zero-order chi connectivity index (χ0) is 22.1. The molecule has 0 saturated carbocycles. The number of nitrogens with one attached hydrogen (secondary N) is 1. The fourth-order valence-corrected chi connectivity index (χ4v) is 3.83. The number of likely N-dealkylation sites (tertiary alicyclic amines) is 1. The van der Waals surface area contributed by atoms with Crippen molar-refractivity contribution in [2.75, 3.05) is 11.9 Å². The Hall–Kier alpha value is -2.90. The minimum absolute atomic E-state index is 0.0247. The number of nitrogens with zero attached hydrogens (tertiary/aromatic N) is 1. The standard InChI is InChI=1S/C22H22F4N2O2/c1-13-6-3-10-18(23)19(13)21(30)28-11-5-9-17(14(28)2)20(29)27-16-8-4-7-15(12-16)22(24,25)26/h3-4,6-8,10,12,14,17H,5,9,11H2,1-2H3,(H,27,29)/t14-,17-/m0/s1. The van der Waals surface area contributed by atoms with E-state index in [1.165, 1.54) is 29.2 Å². The van der Waals surface area contributed by atoms with Gasteiger partial charge in [0.05, 0.1) is 17.0 Å². The molecule has 4 nitrogen and oxygen atoms in total. The Morgan fingerprint density at radius 2 is 1.83 bits per heavy atom. The van der Waals surface area contributed by atoms with E-state index in [0.29, 0.717) is 24.9 Å². The quantitative estimate of drug-likeness (QED) is 0.706. The molecule has 1 N–H and O–H groups in total. The summed E-state index contributed by atoms with van der Waals surface area (Å²) in [4.78, 5) is 27.2. The van der Waals surface area contributed by atoms with E-state index in [4.69, 9.17) is 0 Å². The van der Waals surface area contributed by atoms with Gasteiger partial charge in [0.15, 0.2) is 0 Å². The van der Waals surface area contributed by atoms with Crippen LogP contribution in [0.15, 0.2) is 42.5 Å². The molecular formula is C22H22F4N2O2. The number of alkyl halides is 3. The number of amides is 2. The lowest BCUT2D eigenvalue weighted by molar-refractivity contribution is -0.137. The Balaban J connectivity index is 1.77. The molecule has 1 saturated heterocycles. The van der Waals surface area contributed by atoms with Crippen LogP contribution < -0.4 is 5.32 Å². The van der Waals surface area contributed by atoms with Gasteiger partial charge in [-0.3, -0.25) is 9.59 Å². The summed E-state index contributed by atoms with van der Waals surface area (Å²) in [5, 5.41) is 2.53. The van der Waals surface area contributed by atoms with Gasteiger partial charge in [0.1, 0.15) is 5.82 Å². The molecule has 0 unspecified atom stereocenters. The largest absolute Gasteiger partial charge is 0.416 e. The summed E-state index contributed by atoms with van der Waals surface area (Å²) in [6.45, 7) is 3.72. The smallest absolute Gasteiger partial charge is 0.335 e. The molecule has 8 heteroatoms. The molecule has 0 radical (unpaired) electrons. The first-order valence-corrected chi connectivity index (χ1v) is 9.64. The van der Waals surface area contributed by atoms with Gasteiger partial charge in [0, 0.05) is 18.3 Å². The maximum atomic E-state index is 14.2. The van der Waals surface area contributed by atoms with Crippen molar-refractivity contribution in [3.05, 3.63) is 65.0 Å². The molecular weight excluding hydrogens is 400 g/mol. The second-order valence-electron chi connectivity index (χ2n) is 7.49. The number of halogens is 4. The van der Waals surface area contributed by atoms with Crippen LogP contribution in [0.3, 0.4) is 0 Å². The zero-order valence-corrected chi connectivity index (χ0v) is 16.6. The molecule has 2 amide bonds. The summed E-state index contributed by atoms with van der Waals surface area (Å²) in [7, 11) is 0. The van der Waals surface area contributed by atoms with Gasteiger partial charge in [0.25, 0.3) is 5.91 Å². The monoisotopic (exact) mass is 422 g/mol. The molecule has 1 aliphatic heterocycles. The SMILES string of the molecule is Cc1cccc(F)c1C(=O)N1CCC[C@H](C(=O)Nc2cccc(C(F)(F)F)c2)[C@@H]1C. The molecule has 2 aromatic rings. The molecule has 1 fully saturated rings. The van der Waals surface area contributed by atoms with Crippen LogP contribution >= 0.6 is 0 Å². The fraction of sp³-hybridized carbons (Fsp3) is 0.364. The van der Waals surface area contributed by atoms with E-state index in [2.05, 4.69) is 5.32 Å². The van der Waals surface area contributed by atoms with E-state index >= 15 is 0 Å². The van der Waals surface area contributed by atoms with Crippen molar-refractivity contribution in [2.24, 2.45) is 5.92 Å². The Labute approximate surface area is 171 Å². The highest BCUT2D eigenvalue weighted by Gasteiger charge is 2.37. The molecule has 2 aromatic carbocycles. The average molecular weight is 422 g/mol. The molecule has 1 aliphatic rings. The van der Waals surface area contributed by atoms with Crippen molar-refractivity contribution in [1.82, 2.24) is 4.90 Å². The van der Waals surface area contributed by atoms with Crippen molar-refractivity contribution in [1.29, 1.82) is 0 Å². The van der Waals surface area contributed by atoms with Gasteiger partial charge < -0.3 is 10.2 Å². The lowest BCUT2D eigenvalue weighted by atomic mass is 9.88. The molecule has 3 rings (SSSR count). The Kier molecular flexibility index (Phi) is 6.14. The van der Waals surface area contributed by atoms with Gasteiger partial charge in [0.2, 0.25) is 5.91 Å². The third-order valence-electron chi connectivity index (χ3n) is 5.48. The van der Waals surface area contributed by atoms with Crippen molar-refractivity contribution in [2.45, 2.75) is 38.9 Å². The molecule has 2 atom stereocenters. The van der Waals surface area contributed by atoms with E-state index in [1.807, 2.05) is 0 Å². The summed E-state index contributed by atoms with van der Waals surface area (Å²) < 4.78 is 52.9. The first-order valence-electron chi connectivity index (χ1n) is 9.64. The van der Waals surface area contributed by atoms with E-state index in [9.17, 15) is 27.2 Å². The minimum atomic E-state index is -4.51. The van der Waals surface area contributed by atoms with Gasteiger partial charge in [-0.1, -0.05) is 18.2 Å². The number of benzene rings is 2. The summed E-state index contributed by atoms with van der Waals surface area (Å²) in [6.07, 6.45) is -3.50. The maximum Gasteiger partial charge on any atom is 0.416 e. The third kappa shape index (κ3) is 4.47. The predicted octanol–water partition coefficient (Wildman–Crippen LogP) is 5.03. The van der Waals surface area contributed by atoms with Crippen molar-refractivity contribution < 1.29 is 27.2 Å². The van der Waals surface area contributed by atoms with Crippen LogP contribution in [0.2, 0.25) is 0 Å². The van der Waals surface area contributed by atoms with E-state index in [1.54, 1.807) is 19.9 Å². The Morgan fingerprint density at radius 1 is 1.13 bits per heavy atom. The van der Waals surface area contributed by atoms with Gasteiger partial charge in [-0.25, -0.2) is 4.39 Å². The first-order chi connectivity index (χ1) is 14.1. The predicted molar refractivity (Wildman–Crippen MR) is 104 cm³/mol. The summed E-state index contributed by atoms with van der Waals surface area (Å²) in [5.41, 5.74) is -0.342. The number of hydrogen-bond acceptors (Lipinski definition) is 2.